The third kappa shape index (κ3) is 5.49. The van der Waals surface area contributed by atoms with Gasteiger partial charge < -0.3 is 19.4 Å². The lowest BCUT2D eigenvalue weighted by Gasteiger charge is -2.42. The summed E-state index contributed by atoms with van der Waals surface area (Å²) in [5.74, 6) is -0.324. The first kappa shape index (κ1) is 26.7. The van der Waals surface area contributed by atoms with Gasteiger partial charge in [0.15, 0.2) is 0 Å². The van der Waals surface area contributed by atoms with Crippen LogP contribution in [0, 0.1) is 5.41 Å². The highest BCUT2D eigenvalue weighted by molar-refractivity contribution is 6.30. The van der Waals surface area contributed by atoms with Crippen molar-refractivity contribution in [2.75, 3.05) is 57.8 Å². The lowest BCUT2D eigenvalue weighted by atomic mass is 9.75. The molecule has 1 atom stereocenters. The van der Waals surface area contributed by atoms with Gasteiger partial charge in [0.2, 0.25) is 11.8 Å². The number of nitrogens with zero attached hydrogens (tertiary/aromatic N) is 4. The molecule has 198 valence electrons. The van der Waals surface area contributed by atoms with Crippen molar-refractivity contribution in [1.29, 1.82) is 0 Å². The van der Waals surface area contributed by atoms with E-state index in [1.54, 1.807) is 25.8 Å². The number of piperidine rings is 1. The quantitative estimate of drug-likeness (QED) is 0.539. The molecule has 1 aromatic carbocycles. The second-order valence-electron chi connectivity index (χ2n) is 11.0. The van der Waals surface area contributed by atoms with Gasteiger partial charge in [0.25, 0.3) is 0 Å². The zero-order valence-electron chi connectivity index (χ0n) is 22.0. The zero-order valence-corrected chi connectivity index (χ0v) is 22.7. The average molecular weight is 519 g/mol. The number of hydrogen-bond donors (Lipinski definition) is 0. The summed E-state index contributed by atoms with van der Waals surface area (Å²) < 4.78 is 5.84. The van der Waals surface area contributed by atoms with E-state index in [2.05, 4.69) is 15.9 Å². The highest BCUT2D eigenvalue weighted by Crippen LogP contribution is 2.44. The van der Waals surface area contributed by atoms with E-state index in [0.717, 1.165) is 56.3 Å². The number of carbonyl (C=O) groups excluding carboxylic acids is 3. The Balaban J connectivity index is 1.24. The first-order chi connectivity index (χ1) is 17.0. The molecule has 0 aliphatic carbocycles. The number of piperazine rings is 1. The highest BCUT2D eigenvalue weighted by atomic mass is 35.5. The van der Waals surface area contributed by atoms with Crippen molar-refractivity contribution in [3.8, 4) is 0 Å². The van der Waals surface area contributed by atoms with Crippen molar-refractivity contribution in [3.05, 3.63) is 29.3 Å². The van der Waals surface area contributed by atoms with E-state index in [9.17, 15) is 14.4 Å². The molecule has 2 amide bonds. The summed E-state index contributed by atoms with van der Waals surface area (Å²) in [5, 5.41) is 0.759. The molecular weight excluding hydrogens is 480 g/mol. The molecule has 0 radical (unpaired) electrons. The maximum absolute atomic E-state index is 13.1. The summed E-state index contributed by atoms with van der Waals surface area (Å²) >= 11 is 6.14. The molecule has 3 aliphatic rings. The van der Waals surface area contributed by atoms with Gasteiger partial charge in [-0.15, -0.1) is 0 Å². The smallest absolute Gasteiger partial charge is 0.312 e. The Morgan fingerprint density at radius 3 is 2.42 bits per heavy atom. The molecule has 36 heavy (non-hydrogen) atoms. The number of esters is 1. The van der Waals surface area contributed by atoms with Crippen LogP contribution >= 0.6 is 11.6 Å². The minimum Gasteiger partial charge on any atom is -0.462 e. The van der Waals surface area contributed by atoms with E-state index in [-0.39, 0.29) is 23.9 Å². The van der Waals surface area contributed by atoms with Gasteiger partial charge in [-0.3, -0.25) is 19.3 Å². The molecule has 0 aromatic heterocycles. The predicted octanol–water partition coefficient (Wildman–Crippen LogP) is 3.03. The molecule has 0 N–H and O–H groups in total. The SMILES string of the molecule is CC(=O)N(C)C(C)(C)C(=O)N1CCC2(CC1)C[C@H](CCN1CCN(c3cccc(Cl)c3)CC1)OC2=O. The van der Waals surface area contributed by atoms with Crippen LogP contribution in [0.5, 0.6) is 0 Å². The highest BCUT2D eigenvalue weighted by Gasteiger charge is 2.51. The van der Waals surface area contributed by atoms with E-state index < -0.39 is 11.0 Å². The zero-order chi connectivity index (χ0) is 26.1. The first-order valence-corrected chi connectivity index (χ1v) is 13.4. The van der Waals surface area contributed by atoms with Crippen LogP contribution in [0.15, 0.2) is 24.3 Å². The molecule has 3 saturated heterocycles. The van der Waals surface area contributed by atoms with E-state index in [1.807, 2.05) is 18.2 Å². The monoisotopic (exact) mass is 518 g/mol. The Hall–Kier alpha value is -2.32. The van der Waals surface area contributed by atoms with Crippen LogP contribution in [0.1, 0.15) is 46.5 Å². The predicted molar refractivity (Wildman–Crippen MR) is 140 cm³/mol. The minimum absolute atomic E-state index is 0.0639. The summed E-state index contributed by atoms with van der Waals surface area (Å²) in [5.41, 5.74) is -0.232. The number of ether oxygens (including phenoxy) is 1. The number of anilines is 1. The van der Waals surface area contributed by atoms with Gasteiger partial charge in [0.1, 0.15) is 11.6 Å². The molecule has 3 aliphatic heterocycles. The molecular formula is C27H39ClN4O4. The van der Waals surface area contributed by atoms with Crippen LogP contribution in [0.3, 0.4) is 0 Å². The summed E-state index contributed by atoms with van der Waals surface area (Å²) in [7, 11) is 1.65. The number of likely N-dealkylation sites (tertiary alicyclic amines) is 1. The lowest BCUT2D eigenvalue weighted by Crippen LogP contribution is -2.58. The van der Waals surface area contributed by atoms with Crippen LogP contribution in [0.4, 0.5) is 5.69 Å². The topological polar surface area (TPSA) is 73.4 Å². The molecule has 0 saturated carbocycles. The third-order valence-electron chi connectivity index (χ3n) is 8.48. The first-order valence-electron chi connectivity index (χ1n) is 13.0. The normalized spacial score (nSPS) is 22.6. The number of carbonyl (C=O) groups is 3. The second kappa shape index (κ2) is 10.6. The van der Waals surface area contributed by atoms with Crippen LogP contribution in [-0.4, -0.2) is 97.0 Å². The molecule has 3 heterocycles. The van der Waals surface area contributed by atoms with Gasteiger partial charge in [0, 0.05) is 76.9 Å². The second-order valence-corrected chi connectivity index (χ2v) is 11.5. The van der Waals surface area contributed by atoms with Gasteiger partial charge >= 0.3 is 5.97 Å². The van der Waals surface area contributed by atoms with Gasteiger partial charge in [-0.1, -0.05) is 17.7 Å². The van der Waals surface area contributed by atoms with Gasteiger partial charge in [-0.25, -0.2) is 0 Å². The summed E-state index contributed by atoms with van der Waals surface area (Å²) in [6.07, 6.45) is 2.74. The number of hydrogen-bond acceptors (Lipinski definition) is 6. The van der Waals surface area contributed by atoms with Crippen molar-refractivity contribution in [3.63, 3.8) is 0 Å². The summed E-state index contributed by atoms with van der Waals surface area (Å²) in [6, 6.07) is 7.99. The van der Waals surface area contributed by atoms with Crippen LogP contribution in [0.2, 0.25) is 5.02 Å². The van der Waals surface area contributed by atoms with Crippen molar-refractivity contribution >= 4 is 35.1 Å². The standard InChI is InChI=1S/C27H39ClN4O4/c1-20(33)29(4)26(2,3)24(34)32-12-9-27(10-13-32)19-23(36-25(27)35)8-11-30-14-16-31(17-15-30)22-7-5-6-21(28)18-22/h5-7,18,23H,8-17,19H2,1-4H3/t23-/m0/s1. The van der Waals surface area contributed by atoms with E-state index in [1.165, 1.54) is 11.8 Å². The number of rotatable bonds is 6. The number of cyclic esters (lactones) is 1. The summed E-state index contributed by atoms with van der Waals surface area (Å²) in [4.78, 5) is 45.9. The Kier molecular flexibility index (Phi) is 7.86. The maximum atomic E-state index is 13.1. The maximum Gasteiger partial charge on any atom is 0.312 e. The molecule has 1 spiro atoms. The minimum atomic E-state index is -0.911. The Morgan fingerprint density at radius 2 is 1.81 bits per heavy atom. The lowest BCUT2D eigenvalue weighted by molar-refractivity contribution is -0.156. The summed E-state index contributed by atoms with van der Waals surface area (Å²) in [6.45, 7) is 10.8. The van der Waals surface area contributed by atoms with Gasteiger partial charge in [0.05, 0.1) is 5.41 Å². The largest absolute Gasteiger partial charge is 0.462 e. The van der Waals surface area contributed by atoms with Crippen molar-refractivity contribution in [2.45, 2.75) is 58.1 Å². The Morgan fingerprint density at radius 1 is 1.14 bits per heavy atom. The number of halogens is 1. The fourth-order valence-corrected chi connectivity index (χ4v) is 5.88. The molecule has 3 fully saturated rings. The molecule has 0 bridgehead atoms. The molecule has 9 heteroatoms. The van der Waals surface area contributed by atoms with E-state index in [4.69, 9.17) is 16.3 Å². The average Bonchev–Trinajstić information content (AvgIpc) is 3.16. The molecule has 4 rings (SSSR count). The van der Waals surface area contributed by atoms with E-state index in [0.29, 0.717) is 25.9 Å². The van der Waals surface area contributed by atoms with Crippen molar-refractivity contribution in [2.24, 2.45) is 5.41 Å². The van der Waals surface area contributed by atoms with Crippen molar-refractivity contribution in [1.82, 2.24) is 14.7 Å². The fraction of sp³-hybridized carbons (Fsp3) is 0.667. The van der Waals surface area contributed by atoms with Crippen LogP contribution < -0.4 is 4.90 Å². The third-order valence-corrected chi connectivity index (χ3v) is 8.72. The Labute approximate surface area is 219 Å². The van der Waals surface area contributed by atoms with Crippen LogP contribution in [0.25, 0.3) is 0 Å². The Bertz CT molecular complexity index is 984. The fourth-order valence-electron chi connectivity index (χ4n) is 5.70. The molecule has 1 aromatic rings. The van der Waals surface area contributed by atoms with Gasteiger partial charge in [-0.2, -0.15) is 0 Å². The number of likely N-dealkylation sites (N-methyl/N-ethyl adjacent to an activating group) is 1. The number of benzene rings is 1. The van der Waals surface area contributed by atoms with E-state index >= 15 is 0 Å². The van der Waals surface area contributed by atoms with Crippen molar-refractivity contribution < 1.29 is 19.1 Å². The number of amides is 2. The molecule has 0 unspecified atom stereocenters. The van der Waals surface area contributed by atoms with Crippen LogP contribution in [-0.2, 0) is 19.1 Å². The molecule has 8 nitrogen and oxygen atoms in total. The van der Waals surface area contributed by atoms with Gasteiger partial charge in [-0.05, 0) is 51.3 Å².